The molecule has 2 heterocycles. The minimum Gasteiger partial charge on any atom is -0.399 e. The standard InChI is InChI=1S/C13H12N4OS/c1-7(16-13-15-4-5-19-13)11-9-6-8(14)2-3-10(9)17-12(11)18/h2-6H,14H2,1H3,(H,15,16)(H,17,18). The van der Waals surface area contributed by atoms with Crippen molar-refractivity contribution in [2.24, 2.45) is 0 Å². The molecule has 0 saturated carbocycles. The monoisotopic (exact) mass is 272 g/mol. The van der Waals surface area contributed by atoms with Crippen LogP contribution in [0.5, 0.6) is 0 Å². The molecule has 0 fully saturated rings. The fraction of sp³-hybridized carbons (Fsp3) is 0.0769. The normalized spacial score (nSPS) is 15.9. The second-order valence-corrected chi connectivity index (χ2v) is 5.12. The molecule has 0 aliphatic carbocycles. The van der Waals surface area contributed by atoms with Gasteiger partial charge in [0, 0.05) is 34.2 Å². The van der Waals surface area contributed by atoms with Gasteiger partial charge in [-0.1, -0.05) is 0 Å². The minimum absolute atomic E-state index is 0.123. The number of amides is 1. The third-order valence-electron chi connectivity index (χ3n) is 2.89. The number of nitrogens with one attached hydrogen (secondary N) is 2. The van der Waals surface area contributed by atoms with E-state index in [1.165, 1.54) is 11.3 Å². The van der Waals surface area contributed by atoms with Crippen LogP contribution in [0.2, 0.25) is 0 Å². The summed E-state index contributed by atoms with van der Waals surface area (Å²) in [7, 11) is 0. The van der Waals surface area contributed by atoms with Crippen molar-refractivity contribution < 1.29 is 4.79 Å². The number of rotatable bonds is 2. The Morgan fingerprint density at radius 2 is 2.32 bits per heavy atom. The number of aromatic nitrogens is 1. The fourth-order valence-corrected chi connectivity index (χ4v) is 2.65. The van der Waals surface area contributed by atoms with E-state index in [2.05, 4.69) is 15.6 Å². The SMILES string of the molecule is CC(Nc1nccs1)=C1C(=O)Nc2ccc(N)cc21. The molecular formula is C13H12N4OS. The van der Waals surface area contributed by atoms with Crippen molar-refractivity contribution in [3.63, 3.8) is 0 Å². The number of carbonyl (C=O) groups excluding carboxylic acids is 1. The van der Waals surface area contributed by atoms with Gasteiger partial charge >= 0.3 is 0 Å². The van der Waals surface area contributed by atoms with Gasteiger partial charge < -0.3 is 16.4 Å². The zero-order chi connectivity index (χ0) is 13.4. The molecule has 3 rings (SSSR count). The highest BCUT2D eigenvalue weighted by atomic mass is 32.1. The Bertz CT molecular complexity index is 676. The molecule has 0 radical (unpaired) electrons. The van der Waals surface area contributed by atoms with Crippen LogP contribution in [0, 0.1) is 0 Å². The maximum Gasteiger partial charge on any atom is 0.258 e. The van der Waals surface area contributed by atoms with Gasteiger partial charge in [-0.15, -0.1) is 11.3 Å². The summed E-state index contributed by atoms with van der Waals surface area (Å²) in [6.45, 7) is 1.86. The number of hydrogen-bond acceptors (Lipinski definition) is 5. The minimum atomic E-state index is -0.123. The third kappa shape index (κ3) is 2.06. The predicted octanol–water partition coefficient (Wildman–Crippen LogP) is 2.52. The molecular weight excluding hydrogens is 260 g/mol. The number of carbonyl (C=O) groups is 1. The number of benzene rings is 1. The summed E-state index contributed by atoms with van der Waals surface area (Å²) in [6, 6.07) is 5.38. The van der Waals surface area contributed by atoms with E-state index in [9.17, 15) is 4.79 Å². The van der Waals surface area contributed by atoms with Crippen molar-refractivity contribution in [2.45, 2.75) is 6.92 Å². The van der Waals surface area contributed by atoms with Gasteiger partial charge in [0.25, 0.3) is 5.91 Å². The zero-order valence-electron chi connectivity index (χ0n) is 10.2. The third-order valence-corrected chi connectivity index (χ3v) is 3.58. The van der Waals surface area contributed by atoms with Crippen molar-refractivity contribution in [3.05, 3.63) is 41.0 Å². The van der Waals surface area contributed by atoms with Crippen LogP contribution in [0.4, 0.5) is 16.5 Å². The van der Waals surface area contributed by atoms with E-state index in [4.69, 9.17) is 5.73 Å². The highest BCUT2D eigenvalue weighted by Gasteiger charge is 2.26. The van der Waals surface area contributed by atoms with Crippen LogP contribution in [0.1, 0.15) is 12.5 Å². The van der Waals surface area contributed by atoms with Crippen LogP contribution in [0.15, 0.2) is 35.5 Å². The summed E-state index contributed by atoms with van der Waals surface area (Å²) < 4.78 is 0. The van der Waals surface area contributed by atoms with E-state index in [1.807, 2.05) is 18.4 Å². The molecule has 1 aliphatic rings. The number of nitrogens with zero attached hydrogens (tertiary/aromatic N) is 1. The Morgan fingerprint density at radius 3 is 3.05 bits per heavy atom. The molecule has 0 saturated heterocycles. The smallest absolute Gasteiger partial charge is 0.258 e. The molecule has 2 aromatic rings. The lowest BCUT2D eigenvalue weighted by Crippen LogP contribution is -2.08. The van der Waals surface area contributed by atoms with Gasteiger partial charge in [0.05, 0.1) is 5.57 Å². The maximum atomic E-state index is 12.0. The lowest BCUT2D eigenvalue weighted by Gasteiger charge is -2.06. The average Bonchev–Trinajstić information content (AvgIpc) is 2.95. The fourth-order valence-electron chi connectivity index (χ4n) is 2.07. The van der Waals surface area contributed by atoms with Gasteiger partial charge in [-0.2, -0.15) is 0 Å². The number of hydrogen-bond donors (Lipinski definition) is 3. The van der Waals surface area contributed by atoms with E-state index in [0.29, 0.717) is 11.3 Å². The maximum absolute atomic E-state index is 12.0. The van der Waals surface area contributed by atoms with E-state index in [1.54, 1.807) is 18.3 Å². The second-order valence-electron chi connectivity index (χ2n) is 4.22. The highest BCUT2D eigenvalue weighted by Crippen LogP contribution is 2.35. The van der Waals surface area contributed by atoms with Gasteiger partial charge in [0.1, 0.15) is 0 Å². The molecule has 5 nitrogen and oxygen atoms in total. The Morgan fingerprint density at radius 1 is 1.47 bits per heavy atom. The first-order valence-corrected chi connectivity index (χ1v) is 6.62. The molecule has 0 unspecified atom stereocenters. The Labute approximate surface area is 114 Å². The summed E-state index contributed by atoms with van der Waals surface area (Å²) in [4.78, 5) is 16.2. The van der Waals surface area contributed by atoms with Crippen molar-refractivity contribution in [1.29, 1.82) is 0 Å². The van der Waals surface area contributed by atoms with Crippen molar-refractivity contribution in [2.75, 3.05) is 16.4 Å². The van der Waals surface area contributed by atoms with Crippen LogP contribution in [0.3, 0.4) is 0 Å². The van der Waals surface area contributed by atoms with Gasteiger partial charge in [-0.05, 0) is 25.1 Å². The molecule has 1 amide bonds. The number of thiazole rings is 1. The molecule has 19 heavy (non-hydrogen) atoms. The molecule has 1 aromatic heterocycles. The number of nitrogen functional groups attached to an aromatic ring is 1. The molecule has 1 aromatic carbocycles. The van der Waals surface area contributed by atoms with E-state index in [-0.39, 0.29) is 5.91 Å². The Balaban J connectivity index is 2.05. The number of anilines is 3. The van der Waals surface area contributed by atoms with E-state index < -0.39 is 0 Å². The first kappa shape index (κ1) is 11.7. The van der Waals surface area contributed by atoms with Gasteiger partial charge in [-0.25, -0.2) is 4.98 Å². The van der Waals surface area contributed by atoms with Gasteiger partial charge in [0.15, 0.2) is 5.13 Å². The van der Waals surface area contributed by atoms with Crippen LogP contribution < -0.4 is 16.4 Å². The summed E-state index contributed by atoms with van der Waals surface area (Å²) in [6.07, 6.45) is 1.71. The average molecular weight is 272 g/mol. The molecule has 0 atom stereocenters. The van der Waals surface area contributed by atoms with Crippen LogP contribution in [-0.2, 0) is 4.79 Å². The first-order chi connectivity index (χ1) is 9.15. The summed E-state index contributed by atoms with van der Waals surface area (Å²) in [5, 5.41) is 8.60. The lowest BCUT2D eigenvalue weighted by molar-refractivity contribution is -0.110. The Hall–Kier alpha value is -2.34. The molecule has 1 aliphatic heterocycles. The van der Waals surface area contributed by atoms with Crippen LogP contribution in [-0.4, -0.2) is 10.9 Å². The summed E-state index contributed by atoms with van der Waals surface area (Å²) >= 11 is 1.48. The zero-order valence-corrected chi connectivity index (χ0v) is 11.0. The van der Waals surface area contributed by atoms with Crippen molar-refractivity contribution in [3.8, 4) is 0 Å². The summed E-state index contributed by atoms with van der Waals surface area (Å²) in [5.74, 6) is -0.123. The van der Waals surface area contributed by atoms with Gasteiger partial charge in [-0.3, -0.25) is 4.79 Å². The second kappa shape index (κ2) is 4.40. The number of nitrogens with two attached hydrogens (primary N) is 1. The number of fused-ring (bicyclic) bond motifs is 1. The predicted molar refractivity (Wildman–Crippen MR) is 77.8 cm³/mol. The van der Waals surface area contributed by atoms with Gasteiger partial charge in [0.2, 0.25) is 0 Å². The van der Waals surface area contributed by atoms with Crippen molar-refractivity contribution >= 4 is 39.3 Å². The van der Waals surface area contributed by atoms with E-state index >= 15 is 0 Å². The molecule has 0 spiro atoms. The molecule has 96 valence electrons. The Kier molecular flexibility index (Phi) is 2.72. The largest absolute Gasteiger partial charge is 0.399 e. The topological polar surface area (TPSA) is 80.0 Å². The quantitative estimate of drug-likeness (QED) is 0.579. The molecule has 4 N–H and O–H groups in total. The van der Waals surface area contributed by atoms with E-state index in [0.717, 1.165) is 22.1 Å². The first-order valence-electron chi connectivity index (χ1n) is 5.74. The summed E-state index contributed by atoms with van der Waals surface area (Å²) in [5.41, 5.74) is 9.40. The molecule has 0 bridgehead atoms. The highest BCUT2D eigenvalue weighted by molar-refractivity contribution is 7.13. The molecule has 6 heteroatoms. The lowest BCUT2D eigenvalue weighted by atomic mass is 10.0. The van der Waals surface area contributed by atoms with Crippen LogP contribution >= 0.6 is 11.3 Å². The van der Waals surface area contributed by atoms with Crippen molar-refractivity contribution in [1.82, 2.24) is 4.98 Å². The van der Waals surface area contributed by atoms with Crippen LogP contribution in [0.25, 0.3) is 5.57 Å². The number of allylic oxidation sites excluding steroid dienone is 1.